The Hall–Kier alpha value is -1.42. The van der Waals surface area contributed by atoms with Gasteiger partial charge in [0.1, 0.15) is 0 Å². The molecule has 3 nitrogen and oxygen atoms in total. The number of thiophene rings is 1. The van der Waals surface area contributed by atoms with E-state index in [4.69, 9.17) is 0 Å². The fourth-order valence-electron chi connectivity index (χ4n) is 2.03. The summed E-state index contributed by atoms with van der Waals surface area (Å²) in [6.07, 6.45) is 4.50. The minimum absolute atomic E-state index is 0.144. The molecule has 0 aromatic carbocycles. The van der Waals surface area contributed by atoms with E-state index in [1.165, 1.54) is 0 Å². The molecule has 0 saturated carbocycles. The second-order valence-corrected chi connectivity index (χ2v) is 5.15. The molecule has 0 radical (unpaired) electrons. The van der Waals surface area contributed by atoms with Crippen LogP contribution in [0.25, 0.3) is 0 Å². The van der Waals surface area contributed by atoms with Crippen LogP contribution in [0.3, 0.4) is 0 Å². The van der Waals surface area contributed by atoms with Gasteiger partial charge in [-0.25, -0.2) is 0 Å². The third-order valence-electron chi connectivity index (χ3n) is 3.17. The van der Waals surface area contributed by atoms with Crippen molar-refractivity contribution in [2.24, 2.45) is 0 Å². The van der Waals surface area contributed by atoms with Gasteiger partial charge in [0.25, 0.3) is 0 Å². The van der Waals surface area contributed by atoms with Crippen molar-refractivity contribution in [1.82, 2.24) is 9.78 Å². The Morgan fingerprint density at radius 3 is 2.78 bits per heavy atom. The molecule has 0 atom stereocenters. The van der Waals surface area contributed by atoms with Gasteiger partial charge in [0.2, 0.25) is 0 Å². The summed E-state index contributed by atoms with van der Waals surface area (Å²) in [5, 5.41) is 8.32. The van der Waals surface area contributed by atoms with Crippen LogP contribution >= 0.6 is 11.3 Å². The number of hydrogen-bond acceptors (Lipinski definition) is 3. The van der Waals surface area contributed by atoms with Crippen molar-refractivity contribution in [3.63, 3.8) is 0 Å². The SMILES string of the molecule is CCC(CC)n1ccc(CC(=O)c2ccsc2)n1. The van der Waals surface area contributed by atoms with E-state index in [2.05, 4.69) is 18.9 Å². The largest absolute Gasteiger partial charge is 0.294 e. The number of carbonyl (C=O) groups excluding carboxylic acids is 1. The Bertz CT molecular complexity index is 498. The zero-order chi connectivity index (χ0) is 13.0. The highest BCUT2D eigenvalue weighted by Crippen LogP contribution is 2.15. The van der Waals surface area contributed by atoms with E-state index in [1.807, 2.05) is 33.8 Å². The smallest absolute Gasteiger partial charge is 0.169 e. The van der Waals surface area contributed by atoms with E-state index in [9.17, 15) is 4.79 Å². The Labute approximate surface area is 111 Å². The number of aromatic nitrogens is 2. The van der Waals surface area contributed by atoms with Crippen LogP contribution in [0.15, 0.2) is 29.1 Å². The molecule has 0 fully saturated rings. The van der Waals surface area contributed by atoms with Gasteiger partial charge in [-0.05, 0) is 30.4 Å². The summed E-state index contributed by atoms with van der Waals surface area (Å²) in [6, 6.07) is 4.25. The molecule has 0 aliphatic carbocycles. The lowest BCUT2D eigenvalue weighted by Gasteiger charge is -2.12. The number of nitrogens with zero attached hydrogens (tertiary/aromatic N) is 2. The predicted octanol–water partition coefficient (Wildman–Crippen LogP) is 3.73. The van der Waals surface area contributed by atoms with Gasteiger partial charge in [0.15, 0.2) is 5.78 Å². The van der Waals surface area contributed by atoms with Crippen LogP contribution < -0.4 is 0 Å². The van der Waals surface area contributed by atoms with Crippen LogP contribution in [-0.2, 0) is 6.42 Å². The third-order valence-corrected chi connectivity index (χ3v) is 3.85. The van der Waals surface area contributed by atoms with Crippen LogP contribution in [0.2, 0.25) is 0 Å². The molecular weight excluding hydrogens is 244 g/mol. The maximum Gasteiger partial charge on any atom is 0.169 e. The van der Waals surface area contributed by atoms with E-state index in [1.54, 1.807) is 11.3 Å². The summed E-state index contributed by atoms with van der Waals surface area (Å²) in [4.78, 5) is 12.0. The van der Waals surface area contributed by atoms with E-state index in [0.29, 0.717) is 12.5 Å². The summed E-state index contributed by atoms with van der Waals surface area (Å²) in [5.74, 6) is 0.144. The molecule has 2 heterocycles. The highest BCUT2D eigenvalue weighted by atomic mass is 32.1. The molecule has 0 amide bonds. The average Bonchev–Trinajstić information content (AvgIpc) is 3.01. The van der Waals surface area contributed by atoms with Crippen LogP contribution in [0.4, 0.5) is 0 Å². The van der Waals surface area contributed by atoms with Crippen LogP contribution in [0.5, 0.6) is 0 Å². The summed E-state index contributed by atoms with van der Waals surface area (Å²) < 4.78 is 1.98. The summed E-state index contributed by atoms with van der Waals surface area (Å²) in [5.41, 5.74) is 1.65. The third kappa shape index (κ3) is 2.88. The second-order valence-electron chi connectivity index (χ2n) is 4.37. The summed E-state index contributed by atoms with van der Waals surface area (Å²) in [7, 11) is 0. The maximum atomic E-state index is 12.0. The van der Waals surface area contributed by atoms with Crippen LogP contribution in [0.1, 0.15) is 48.8 Å². The fourth-order valence-corrected chi connectivity index (χ4v) is 2.69. The van der Waals surface area contributed by atoms with Crippen LogP contribution in [0, 0.1) is 0 Å². The zero-order valence-electron chi connectivity index (χ0n) is 10.8. The normalized spacial score (nSPS) is 11.1. The van der Waals surface area contributed by atoms with Crippen molar-refractivity contribution in [3.05, 3.63) is 40.3 Å². The van der Waals surface area contributed by atoms with Gasteiger partial charge in [-0.1, -0.05) is 13.8 Å². The van der Waals surface area contributed by atoms with Gasteiger partial charge in [-0.3, -0.25) is 9.48 Å². The lowest BCUT2D eigenvalue weighted by atomic mass is 10.1. The maximum absolute atomic E-state index is 12.0. The van der Waals surface area contributed by atoms with Gasteiger partial charge in [0.05, 0.1) is 18.2 Å². The van der Waals surface area contributed by atoms with Gasteiger partial charge in [0, 0.05) is 17.1 Å². The minimum atomic E-state index is 0.144. The fraction of sp³-hybridized carbons (Fsp3) is 0.429. The van der Waals surface area contributed by atoms with E-state index in [-0.39, 0.29) is 5.78 Å². The average molecular weight is 262 g/mol. The molecule has 2 aromatic rings. The molecule has 0 aliphatic rings. The quantitative estimate of drug-likeness (QED) is 0.743. The van der Waals surface area contributed by atoms with Crippen molar-refractivity contribution < 1.29 is 4.79 Å². The molecule has 0 unspecified atom stereocenters. The molecular formula is C14H18N2OS. The highest BCUT2D eigenvalue weighted by molar-refractivity contribution is 7.08. The number of hydrogen-bond donors (Lipinski definition) is 0. The first-order valence-corrected chi connectivity index (χ1v) is 7.28. The van der Waals surface area contributed by atoms with Crippen LogP contribution in [-0.4, -0.2) is 15.6 Å². The predicted molar refractivity (Wildman–Crippen MR) is 74.2 cm³/mol. The minimum Gasteiger partial charge on any atom is -0.294 e. The van der Waals surface area contributed by atoms with E-state index >= 15 is 0 Å². The van der Waals surface area contributed by atoms with Crippen molar-refractivity contribution in [1.29, 1.82) is 0 Å². The number of rotatable bonds is 6. The monoisotopic (exact) mass is 262 g/mol. The Morgan fingerprint density at radius 2 is 2.17 bits per heavy atom. The first-order valence-electron chi connectivity index (χ1n) is 6.34. The molecule has 4 heteroatoms. The molecule has 96 valence electrons. The molecule has 18 heavy (non-hydrogen) atoms. The first kappa shape index (κ1) is 13.0. The Morgan fingerprint density at radius 1 is 1.39 bits per heavy atom. The van der Waals surface area contributed by atoms with E-state index in [0.717, 1.165) is 24.1 Å². The van der Waals surface area contributed by atoms with Gasteiger partial charge in [-0.2, -0.15) is 16.4 Å². The summed E-state index contributed by atoms with van der Waals surface area (Å²) >= 11 is 1.55. The molecule has 0 spiro atoms. The van der Waals surface area contributed by atoms with Gasteiger partial charge in [-0.15, -0.1) is 0 Å². The van der Waals surface area contributed by atoms with Crippen molar-refractivity contribution in [2.45, 2.75) is 39.2 Å². The topological polar surface area (TPSA) is 34.9 Å². The zero-order valence-corrected chi connectivity index (χ0v) is 11.6. The number of Topliss-reactive ketones (excluding diaryl/α,β-unsaturated/α-hetero) is 1. The Kier molecular flexibility index (Phi) is 4.31. The molecule has 2 aromatic heterocycles. The van der Waals surface area contributed by atoms with Gasteiger partial charge < -0.3 is 0 Å². The first-order chi connectivity index (χ1) is 8.74. The lowest BCUT2D eigenvalue weighted by Crippen LogP contribution is -2.09. The molecule has 2 rings (SSSR count). The molecule has 0 N–H and O–H groups in total. The van der Waals surface area contributed by atoms with Gasteiger partial charge >= 0.3 is 0 Å². The molecule has 0 saturated heterocycles. The number of carbonyl (C=O) groups is 1. The number of ketones is 1. The van der Waals surface area contributed by atoms with Crippen molar-refractivity contribution >= 4 is 17.1 Å². The lowest BCUT2D eigenvalue weighted by molar-refractivity contribution is 0.0992. The molecule has 0 bridgehead atoms. The van der Waals surface area contributed by atoms with Crippen molar-refractivity contribution in [3.8, 4) is 0 Å². The molecule has 0 aliphatic heterocycles. The standard InChI is InChI=1S/C14H18N2OS/c1-3-13(4-2)16-7-5-12(15-16)9-14(17)11-6-8-18-10-11/h5-8,10,13H,3-4,9H2,1-2H3. The second kappa shape index (κ2) is 5.96. The highest BCUT2D eigenvalue weighted by Gasteiger charge is 2.12. The van der Waals surface area contributed by atoms with E-state index < -0.39 is 0 Å². The van der Waals surface area contributed by atoms with Crippen molar-refractivity contribution in [2.75, 3.05) is 0 Å². The summed E-state index contributed by atoms with van der Waals surface area (Å²) in [6.45, 7) is 4.32. The Balaban J connectivity index is 2.05.